The summed E-state index contributed by atoms with van der Waals surface area (Å²) in [5, 5.41) is 11.2. The predicted molar refractivity (Wildman–Crippen MR) is 143 cm³/mol. The number of rotatable bonds is 5. The molecular weight excluding hydrogens is 521 g/mol. The van der Waals surface area contributed by atoms with Crippen LogP contribution < -0.4 is 10.6 Å². The molecule has 1 aromatic heterocycles. The molecular formula is C29H37F3N6O2. The fourth-order valence-corrected chi connectivity index (χ4v) is 6.62. The maximum atomic E-state index is 13.7. The molecule has 6 rings (SSSR count). The van der Waals surface area contributed by atoms with Crippen LogP contribution in [0.5, 0.6) is 0 Å². The Morgan fingerprint density at radius 1 is 0.900 bits per heavy atom. The lowest BCUT2D eigenvalue weighted by Crippen LogP contribution is -2.50. The monoisotopic (exact) mass is 558 g/mol. The highest BCUT2D eigenvalue weighted by Crippen LogP contribution is 2.44. The van der Waals surface area contributed by atoms with Crippen LogP contribution in [0.25, 0.3) is 0 Å². The highest BCUT2D eigenvalue weighted by molar-refractivity contribution is 5.95. The number of nitrogens with zero attached hydrogens (tertiary/aromatic N) is 4. The molecule has 11 heteroatoms. The van der Waals surface area contributed by atoms with Crippen LogP contribution in [0.2, 0.25) is 0 Å². The standard InChI is InChI=1S/C29H37F3N6O2/c30-29(31,32)25-4-2-1-3-23(25)20-9-14-37(18-20)27(39)24-17-34-38(26(24)19-5-6-19)22-10-15-36(16-11-22)28(40)35-21-7-12-33-13-8-21/h1-4,17,19-22,33H,5-16,18H2,(H,35,40)/t20-/m1/s1. The first-order valence-electron chi connectivity index (χ1n) is 14.6. The van der Waals surface area contributed by atoms with E-state index in [-0.39, 0.29) is 48.0 Å². The smallest absolute Gasteiger partial charge is 0.338 e. The van der Waals surface area contributed by atoms with Gasteiger partial charge in [0.25, 0.3) is 5.91 Å². The zero-order chi connectivity index (χ0) is 27.9. The zero-order valence-electron chi connectivity index (χ0n) is 22.6. The number of hydrogen-bond donors (Lipinski definition) is 2. The molecule has 40 heavy (non-hydrogen) atoms. The number of benzene rings is 1. The molecule has 3 saturated heterocycles. The summed E-state index contributed by atoms with van der Waals surface area (Å²) >= 11 is 0. The predicted octanol–water partition coefficient (Wildman–Crippen LogP) is 4.51. The number of amides is 3. The van der Waals surface area contributed by atoms with Crippen molar-refractivity contribution in [3.8, 4) is 0 Å². The number of aromatic nitrogens is 2. The van der Waals surface area contributed by atoms with Gasteiger partial charge in [0, 0.05) is 44.1 Å². The molecule has 1 aromatic carbocycles. The van der Waals surface area contributed by atoms with Gasteiger partial charge in [0.2, 0.25) is 0 Å². The average molecular weight is 559 g/mol. The van der Waals surface area contributed by atoms with Gasteiger partial charge in [0.05, 0.1) is 29.1 Å². The summed E-state index contributed by atoms with van der Waals surface area (Å²) in [6, 6.07) is 6.04. The number of piperidine rings is 2. The van der Waals surface area contributed by atoms with Crippen molar-refractivity contribution in [2.75, 3.05) is 39.3 Å². The summed E-state index contributed by atoms with van der Waals surface area (Å²) in [7, 11) is 0. The Morgan fingerprint density at radius 3 is 2.30 bits per heavy atom. The van der Waals surface area contributed by atoms with Gasteiger partial charge < -0.3 is 20.4 Å². The summed E-state index contributed by atoms with van der Waals surface area (Å²) < 4.78 is 42.8. The van der Waals surface area contributed by atoms with E-state index in [1.54, 1.807) is 17.2 Å². The molecule has 0 unspecified atom stereocenters. The number of carbonyl (C=O) groups is 2. The van der Waals surface area contributed by atoms with Crippen LogP contribution in [0, 0.1) is 0 Å². The van der Waals surface area contributed by atoms with E-state index in [4.69, 9.17) is 0 Å². The number of halogens is 3. The van der Waals surface area contributed by atoms with E-state index in [2.05, 4.69) is 15.7 Å². The minimum absolute atomic E-state index is 0.000201. The molecule has 3 aliphatic heterocycles. The Hall–Kier alpha value is -3.08. The molecule has 1 atom stereocenters. The lowest BCUT2D eigenvalue weighted by molar-refractivity contribution is -0.138. The van der Waals surface area contributed by atoms with Gasteiger partial charge in [0.1, 0.15) is 0 Å². The normalized spacial score (nSPS) is 23.0. The third kappa shape index (κ3) is 5.57. The van der Waals surface area contributed by atoms with Crippen LogP contribution in [0.15, 0.2) is 30.5 Å². The van der Waals surface area contributed by atoms with E-state index in [9.17, 15) is 22.8 Å². The first-order chi connectivity index (χ1) is 19.3. The molecule has 216 valence electrons. The highest BCUT2D eigenvalue weighted by atomic mass is 19.4. The largest absolute Gasteiger partial charge is 0.416 e. The van der Waals surface area contributed by atoms with Crippen molar-refractivity contribution < 1.29 is 22.8 Å². The second-order valence-corrected chi connectivity index (χ2v) is 11.7. The molecule has 0 bridgehead atoms. The topological polar surface area (TPSA) is 82.5 Å². The maximum Gasteiger partial charge on any atom is 0.416 e. The van der Waals surface area contributed by atoms with Gasteiger partial charge in [0.15, 0.2) is 0 Å². The van der Waals surface area contributed by atoms with E-state index in [0.29, 0.717) is 31.6 Å². The van der Waals surface area contributed by atoms with Crippen LogP contribution in [0.1, 0.15) is 90.0 Å². The number of carbonyl (C=O) groups excluding carboxylic acids is 2. The van der Waals surface area contributed by atoms with Gasteiger partial charge in [-0.3, -0.25) is 9.48 Å². The fraction of sp³-hybridized carbons (Fsp3) is 0.621. The summed E-state index contributed by atoms with van der Waals surface area (Å²) in [6.07, 6.45) is 3.19. The van der Waals surface area contributed by atoms with Crippen molar-refractivity contribution >= 4 is 11.9 Å². The summed E-state index contributed by atoms with van der Waals surface area (Å²) in [4.78, 5) is 30.0. The third-order valence-electron chi connectivity index (χ3n) is 8.97. The van der Waals surface area contributed by atoms with Gasteiger partial charge in [-0.1, -0.05) is 18.2 Å². The first-order valence-corrected chi connectivity index (χ1v) is 14.6. The Bertz CT molecular complexity index is 1230. The van der Waals surface area contributed by atoms with E-state index in [1.165, 1.54) is 12.1 Å². The molecule has 1 aliphatic carbocycles. The molecule has 4 heterocycles. The molecule has 4 aliphatic rings. The zero-order valence-corrected chi connectivity index (χ0v) is 22.6. The van der Waals surface area contributed by atoms with Crippen LogP contribution >= 0.6 is 0 Å². The van der Waals surface area contributed by atoms with Crippen LogP contribution in [0.4, 0.5) is 18.0 Å². The maximum absolute atomic E-state index is 13.7. The quantitative estimate of drug-likeness (QED) is 0.566. The summed E-state index contributed by atoms with van der Waals surface area (Å²) in [5.41, 5.74) is 1.19. The van der Waals surface area contributed by atoms with Crippen molar-refractivity contribution in [2.45, 2.75) is 75.0 Å². The molecule has 3 amide bonds. The Labute approximate surface area is 232 Å². The third-order valence-corrected chi connectivity index (χ3v) is 8.97. The molecule has 2 N–H and O–H groups in total. The Morgan fingerprint density at radius 2 is 1.60 bits per heavy atom. The van der Waals surface area contributed by atoms with Crippen molar-refractivity contribution in [1.82, 2.24) is 30.2 Å². The highest BCUT2D eigenvalue weighted by Gasteiger charge is 2.40. The first kappa shape index (κ1) is 27.1. The Kier molecular flexibility index (Phi) is 7.50. The summed E-state index contributed by atoms with van der Waals surface area (Å²) in [5.74, 6) is -0.201. The van der Waals surface area contributed by atoms with Crippen LogP contribution in [-0.4, -0.2) is 76.8 Å². The summed E-state index contributed by atoms with van der Waals surface area (Å²) in [6.45, 7) is 3.83. The van der Waals surface area contributed by atoms with Gasteiger partial charge in [-0.15, -0.1) is 0 Å². The molecule has 1 saturated carbocycles. The SMILES string of the molecule is O=C(NC1CCNCC1)N1CCC(n2ncc(C(=O)N3CC[C@@H](c4ccccc4C(F)(F)F)C3)c2C2CC2)CC1. The molecule has 2 aromatic rings. The van der Waals surface area contributed by atoms with Gasteiger partial charge in [-0.2, -0.15) is 18.3 Å². The minimum Gasteiger partial charge on any atom is -0.338 e. The van der Waals surface area contributed by atoms with E-state index in [0.717, 1.165) is 63.4 Å². The number of urea groups is 1. The van der Waals surface area contributed by atoms with Crippen molar-refractivity contribution in [2.24, 2.45) is 0 Å². The van der Waals surface area contributed by atoms with Gasteiger partial charge in [-0.05, 0) is 69.7 Å². The van der Waals surface area contributed by atoms with Crippen molar-refractivity contribution in [3.63, 3.8) is 0 Å². The molecule has 0 spiro atoms. The van der Waals surface area contributed by atoms with Crippen molar-refractivity contribution in [3.05, 3.63) is 52.8 Å². The second-order valence-electron chi connectivity index (χ2n) is 11.7. The van der Waals surface area contributed by atoms with Gasteiger partial charge >= 0.3 is 12.2 Å². The molecule has 8 nitrogen and oxygen atoms in total. The molecule has 4 fully saturated rings. The van der Waals surface area contributed by atoms with Crippen LogP contribution in [0.3, 0.4) is 0 Å². The Balaban J connectivity index is 1.12. The minimum atomic E-state index is -4.42. The molecule has 0 radical (unpaired) electrons. The average Bonchev–Trinajstić information content (AvgIpc) is 3.50. The van der Waals surface area contributed by atoms with E-state index >= 15 is 0 Å². The van der Waals surface area contributed by atoms with Crippen LogP contribution in [-0.2, 0) is 6.18 Å². The lowest BCUT2D eigenvalue weighted by atomic mass is 9.93. The van der Waals surface area contributed by atoms with E-state index in [1.807, 2.05) is 9.58 Å². The fourth-order valence-electron chi connectivity index (χ4n) is 6.62. The van der Waals surface area contributed by atoms with Crippen molar-refractivity contribution in [1.29, 1.82) is 0 Å². The number of alkyl halides is 3. The number of hydrogen-bond acceptors (Lipinski definition) is 4. The number of nitrogens with one attached hydrogen (secondary N) is 2. The van der Waals surface area contributed by atoms with Gasteiger partial charge in [-0.25, -0.2) is 4.79 Å². The number of likely N-dealkylation sites (tertiary alicyclic amines) is 2. The van der Waals surface area contributed by atoms with E-state index < -0.39 is 11.7 Å². The second kappa shape index (κ2) is 11.1. The lowest BCUT2D eigenvalue weighted by Gasteiger charge is -2.34.